The molecule has 0 aliphatic heterocycles. The van der Waals surface area contributed by atoms with Gasteiger partial charge in [0.05, 0.1) is 19.0 Å². The number of aryl methyl sites for hydroxylation is 1. The summed E-state index contributed by atoms with van der Waals surface area (Å²) in [5, 5.41) is 0. The molecular formula is C13H15N3O3S. The number of hydrogen-bond acceptors (Lipinski definition) is 5. The number of pyridine rings is 1. The van der Waals surface area contributed by atoms with Gasteiger partial charge in [0.1, 0.15) is 10.6 Å². The first-order valence-corrected chi connectivity index (χ1v) is 7.29. The molecule has 0 atom stereocenters. The van der Waals surface area contributed by atoms with Gasteiger partial charge in [-0.2, -0.15) is 0 Å². The number of aromatic nitrogens is 1. The minimum Gasteiger partial charge on any atom is -0.495 e. The lowest BCUT2D eigenvalue weighted by molar-refractivity contribution is 0.403. The molecule has 20 heavy (non-hydrogen) atoms. The van der Waals surface area contributed by atoms with Crippen LogP contribution >= 0.6 is 0 Å². The number of nitrogens with one attached hydrogen (secondary N) is 1. The maximum atomic E-state index is 12.3. The first-order valence-electron chi connectivity index (χ1n) is 5.81. The highest BCUT2D eigenvalue weighted by Gasteiger charge is 2.20. The van der Waals surface area contributed by atoms with E-state index in [-0.39, 0.29) is 10.6 Å². The van der Waals surface area contributed by atoms with E-state index in [0.717, 1.165) is 5.69 Å². The van der Waals surface area contributed by atoms with E-state index in [4.69, 9.17) is 10.5 Å². The van der Waals surface area contributed by atoms with Crippen LogP contribution in [0.5, 0.6) is 5.75 Å². The third-order valence-corrected chi connectivity index (χ3v) is 4.04. The average molecular weight is 293 g/mol. The van der Waals surface area contributed by atoms with Crippen molar-refractivity contribution in [3.63, 3.8) is 0 Å². The molecule has 1 aromatic carbocycles. The Bertz CT molecular complexity index is 712. The first kappa shape index (κ1) is 14.1. The molecule has 0 aliphatic carbocycles. The number of ether oxygens (including phenoxy) is 1. The van der Waals surface area contributed by atoms with Gasteiger partial charge in [-0.1, -0.05) is 0 Å². The normalized spacial score (nSPS) is 11.1. The predicted octanol–water partition coefficient (Wildman–Crippen LogP) is 1.78. The Morgan fingerprint density at radius 2 is 2.00 bits per heavy atom. The minimum absolute atomic E-state index is 0.0134. The number of nitrogens with zero attached hydrogens (tertiary/aromatic N) is 1. The summed E-state index contributed by atoms with van der Waals surface area (Å²) in [6.45, 7) is 1.82. The highest BCUT2D eigenvalue weighted by molar-refractivity contribution is 7.92. The lowest BCUT2D eigenvalue weighted by Crippen LogP contribution is -2.14. The molecule has 1 aromatic heterocycles. The highest BCUT2D eigenvalue weighted by atomic mass is 32.2. The van der Waals surface area contributed by atoms with E-state index < -0.39 is 10.0 Å². The molecule has 0 spiro atoms. The van der Waals surface area contributed by atoms with Crippen LogP contribution in [0.3, 0.4) is 0 Å². The molecule has 3 N–H and O–H groups in total. The van der Waals surface area contributed by atoms with Crippen molar-refractivity contribution in [2.45, 2.75) is 11.8 Å². The van der Waals surface area contributed by atoms with Gasteiger partial charge in [0, 0.05) is 11.4 Å². The van der Waals surface area contributed by atoms with Crippen LogP contribution in [0.25, 0.3) is 0 Å². The van der Waals surface area contributed by atoms with Gasteiger partial charge in [-0.15, -0.1) is 0 Å². The molecule has 0 unspecified atom stereocenters. The summed E-state index contributed by atoms with van der Waals surface area (Å²) in [7, 11) is -2.39. The summed E-state index contributed by atoms with van der Waals surface area (Å²) in [5.41, 5.74) is 7.15. The summed E-state index contributed by atoms with van der Waals surface area (Å²) in [4.78, 5) is 4.02. The summed E-state index contributed by atoms with van der Waals surface area (Å²) in [5.74, 6) is 0.228. The van der Waals surface area contributed by atoms with Crippen molar-refractivity contribution >= 4 is 21.4 Å². The molecule has 2 aromatic rings. The molecule has 0 saturated carbocycles. The van der Waals surface area contributed by atoms with E-state index >= 15 is 0 Å². The number of rotatable bonds is 4. The van der Waals surface area contributed by atoms with Crippen molar-refractivity contribution in [1.29, 1.82) is 0 Å². The number of nitrogen functional groups attached to an aromatic ring is 1. The van der Waals surface area contributed by atoms with Gasteiger partial charge < -0.3 is 10.5 Å². The van der Waals surface area contributed by atoms with Gasteiger partial charge in [0.2, 0.25) is 0 Å². The first-order chi connectivity index (χ1) is 9.42. The van der Waals surface area contributed by atoms with Gasteiger partial charge in [-0.3, -0.25) is 9.71 Å². The maximum absolute atomic E-state index is 12.3. The number of anilines is 2. The number of hydrogen-bond donors (Lipinski definition) is 2. The van der Waals surface area contributed by atoms with Crippen molar-refractivity contribution in [2.75, 3.05) is 17.6 Å². The summed E-state index contributed by atoms with van der Waals surface area (Å²) < 4.78 is 32.2. The van der Waals surface area contributed by atoms with E-state index in [1.54, 1.807) is 18.2 Å². The van der Waals surface area contributed by atoms with Crippen LogP contribution in [0.1, 0.15) is 5.69 Å². The molecule has 0 bridgehead atoms. The van der Waals surface area contributed by atoms with Crippen LogP contribution in [0.2, 0.25) is 0 Å². The lowest BCUT2D eigenvalue weighted by atomic mass is 10.3. The van der Waals surface area contributed by atoms with Gasteiger partial charge in [0.15, 0.2) is 0 Å². The third-order valence-electron chi connectivity index (χ3n) is 2.64. The zero-order valence-electron chi connectivity index (χ0n) is 11.1. The molecule has 7 heteroatoms. The number of nitrogens with two attached hydrogens (primary N) is 1. The standard InChI is InChI=1S/C13H15N3O3S/c1-9-3-5-11(8-15-9)16-20(17,18)13-7-10(14)4-6-12(13)19-2/h3-8,16H,14H2,1-2H3. The monoisotopic (exact) mass is 293 g/mol. The predicted molar refractivity (Wildman–Crippen MR) is 77.2 cm³/mol. The van der Waals surface area contributed by atoms with Crippen LogP contribution in [0.15, 0.2) is 41.4 Å². The molecule has 0 radical (unpaired) electrons. The Hall–Kier alpha value is -2.28. The summed E-state index contributed by atoms with van der Waals surface area (Å²) in [6.07, 6.45) is 1.45. The van der Waals surface area contributed by atoms with Gasteiger partial charge in [-0.05, 0) is 37.3 Å². The molecule has 1 heterocycles. The minimum atomic E-state index is -3.79. The Morgan fingerprint density at radius 3 is 2.60 bits per heavy atom. The summed E-state index contributed by atoms with van der Waals surface area (Å²) >= 11 is 0. The Labute approximate surface area is 117 Å². The van der Waals surface area contributed by atoms with E-state index in [0.29, 0.717) is 11.4 Å². The van der Waals surface area contributed by atoms with Crippen molar-refractivity contribution in [3.05, 3.63) is 42.2 Å². The van der Waals surface area contributed by atoms with E-state index in [9.17, 15) is 8.42 Å². The third kappa shape index (κ3) is 3.00. The van der Waals surface area contributed by atoms with Crippen molar-refractivity contribution in [1.82, 2.24) is 4.98 Å². The van der Waals surface area contributed by atoms with Crippen LogP contribution in [0, 0.1) is 6.92 Å². The average Bonchev–Trinajstić information content (AvgIpc) is 2.41. The van der Waals surface area contributed by atoms with Crippen LogP contribution in [0.4, 0.5) is 11.4 Å². The molecule has 0 saturated heterocycles. The fourth-order valence-corrected chi connectivity index (χ4v) is 2.89. The molecule has 0 amide bonds. The number of sulfonamides is 1. The number of benzene rings is 1. The molecule has 0 fully saturated rings. The molecule has 6 nitrogen and oxygen atoms in total. The second-order valence-electron chi connectivity index (χ2n) is 4.20. The fraction of sp³-hybridized carbons (Fsp3) is 0.154. The van der Waals surface area contributed by atoms with Crippen molar-refractivity contribution in [3.8, 4) is 5.75 Å². The van der Waals surface area contributed by atoms with Crippen molar-refractivity contribution < 1.29 is 13.2 Å². The molecule has 0 aliphatic rings. The molecule has 106 valence electrons. The van der Waals surface area contributed by atoms with Gasteiger partial charge >= 0.3 is 0 Å². The van der Waals surface area contributed by atoms with Crippen LogP contribution in [-0.2, 0) is 10.0 Å². The summed E-state index contributed by atoms with van der Waals surface area (Å²) in [6, 6.07) is 7.79. The van der Waals surface area contributed by atoms with E-state index in [1.165, 1.54) is 25.4 Å². The quantitative estimate of drug-likeness (QED) is 0.838. The van der Waals surface area contributed by atoms with Gasteiger partial charge in [-0.25, -0.2) is 8.42 Å². The van der Waals surface area contributed by atoms with Gasteiger partial charge in [0.25, 0.3) is 10.0 Å². The SMILES string of the molecule is COc1ccc(N)cc1S(=O)(=O)Nc1ccc(C)nc1. The lowest BCUT2D eigenvalue weighted by Gasteiger charge is -2.12. The topological polar surface area (TPSA) is 94.3 Å². The number of methoxy groups -OCH3 is 1. The highest BCUT2D eigenvalue weighted by Crippen LogP contribution is 2.27. The zero-order chi connectivity index (χ0) is 14.8. The second kappa shape index (κ2) is 5.38. The van der Waals surface area contributed by atoms with Crippen LogP contribution < -0.4 is 15.2 Å². The smallest absolute Gasteiger partial charge is 0.265 e. The Balaban J connectivity index is 2.40. The van der Waals surface area contributed by atoms with E-state index in [2.05, 4.69) is 9.71 Å². The maximum Gasteiger partial charge on any atom is 0.265 e. The van der Waals surface area contributed by atoms with Crippen LogP contribution in [-0.4, -0.2) is 20.5 Å². The Morgan fingerprint density at radius 1 is 1.25 bits per heavy atom. The Kier molecular flexibility index (Phi) is 3.80. The fourth-order valence-electron chi connectivity index (χ4n) is 1.64. The molecular weight excluding hydrogens is 278 g/mol. The molecule has 2 rings (SSSR count). The zero-order valence-corrected chi connectivity index (χ0v) is 11.9. The van der Waals surface area contributed by atoms with Crippen molar-refractivity contribution in [2.24, 2.45) is 0 Å². The largest absolute Gasteiger partial charge is 0.495 e. The van der Waals surface area contributed by atoms with E-state index in [1.807, 2.05) is 6.92 Å². The second-order valence-corrected chi connectivity index (χ2v) is 5.85.